The van der Waals surface area contributed by atoms with Gasteiger partial charge in [-0.2, -0.15) is 5.10 Å². The molecule has 0 aromatic carbocycles. The number of hydrogen-bond donors (Lipinski definition) is 0. The lowest BCUT2D eigenvalue weighted by molar-refractivity contribution is 0.102. The van der Waals surface area contributed by atoms with Crippen LogP contribution in [0, 0.1) is 6.92 Å². The first-order chi connectivity index (χ1) is 8.15. The lowest BCUT2D eigenvalue weighted by Crippen LogP contribution is -2.12. The molecule has 2 aromatic heterocycles. The van der Waals surface area contributed by atoms with E-state index in [4.69, 9.17) is 0 Å². The van der Waals surface area contributed by atoms with E-state index in [1.165, 1.54) is 0 Å². The molecule has 2 rings (SSSR count). The Morgan fingerprint density at radius 3 is 2.88 bits per heavy atom. The minimum absolute atomic E-state index is 0.0539. The molecule has 0 amide bonds. The zero-order valence-corrected chi connectivity index (χ0v) is 11.2. The van der Waals surface area contributed by atoms with Crippen LogP contribution in [0.25, 0.3) is 0 Å². The molecule has 0 aliphatic heterocycles. The van der Waals surface area contributed by atoms with Gasteiger partial charge in [-0.1, -0.05) is 0 Å². The monoisotopic (exact) mass is 293 g/mol. The van der Waals surface area contributed by atoms with E-state index < -0.39 is 0 Å². The number of nitrogens with zero attached hydrogens (tertiary/aromatic N) is 3. The zero-order chi connectivity index (χ0) is 12.4. The summed E-state index contributed by atoms with van der Waals surface area (Å²) in [6.45, 7) is 4.51. The molecule has 0 spiro atoms. The zero-order valence-electron chi connectivity index (χ0n) is 9.64. The molecule has 0 radical (unpaired) electrons. The fourth-order valence-electron chi connectivity index (χ4n) is 1.66. The molecule has 0 aliphatic rings. The maximum atomic E-state index is 12.4. The van der Waals surface area contributed by atoms with Crippen molar-refractivity contribution in [3.8, 4) is 0 Å². The minimum Gasteiger partial charge on any atom is -0.287 e. The van der Waals surface area contributed by atoms with Crippen LogP contribution in [0.4, 0.5) is 0 Å². The Morgan fingerprint density at radius 1 is 1.47 bits per heavy atom. The Labute approximate surface area is 108 Å². The number of aromatic nitrogens is 3. The highest BCUT2D eigenvalue weighted by Crippen LogP contribution is 2.20. The van der Waals surface area contributed by atoms with Crippen LogP contribution in [0.15, 0.2) is 29.1 Å². The van der Waals surface area contributed by atoms with Crippen LogP contribution in [0.5, 0.6) is 0 Å². The summed E-state index contributed by atoms with van der Waals surface area (Å²) in [5.74, 6) is -0.0539. The average molecular weight is 294 g/mol. The van der Waals surface area contributed by atoms with Crippen LogP contribution >= 0.6 is 15.9 Å². The summed E-state index contributed by atoms with van der Waals surface area (Å²) >= 11 is 3.36. The summed E-state index contributed by atoms with van der Waals surface area (Å²) in [6, 6.07) is 1.83. The van der Waals surface area contributed by atoms with E-state index in [1.54, 1.807) is 23.3 Å². The first-order valence-electron chi connectivity index (χ1n) is 5.31. The van der Waals surface area contributed by atoms with Gasteiger partial charge in [0.25, 0.3) is 0 Å². The Kier molecular flexibility index (Phi) is 3.38. The summed E-state index contributed by atoms with van der Waals surface area (Å²) < 4.78 is 2.39. The van der Waals surface area contributed by atoms with Crippen molar-refractivity contribution in [2.45, 2.75) is 20.4 Å². The molecule has 17 heavy (non-hydrogen) atoms. The van der Waals surface area contributed by atoms with Crippen molar-refractivity contribution >= 4 is 21.7 Å². The van der Waals surface area contributed by atoms with Gasteiger partial charge in [0, 0.05) is 24.5 Å². The van der Waals surface area contributed by atoms with Gasteiger partial charge in [-0.15, -0.1) is 0 Å². The van der Waals surface area contributed by atoms with Gasteiger partial charge in [0.2, 0.25) is 5.78 Å². The van der Waals surface area contributed by atoms with Crippen molar-refractivity contribution in [2.75, 3.05) is 0 Å². The maximum Gasteiger partial charge on any atom is 0.213 e. The first-order valence-corrected chi connectivity index (χ1v) is 6.11. The quantitative estimate of drug-likeness (QED) is 0.817. The summed E-state index contributed by atoms with van der Waals surface area (Å²) in [6.07, 6.45) is 4.91. The van der Waals surface area contributed by atoms with Crippen LogP contribution in [-0.4, -0.2) is 20.5 Å². The van der Waals surface area contributed by atoms with Gasteiger partial charge in [-0.25, -0.2) is 0 Å². The number of rotatable bonds is 3. The molecule has 0 saturated carbocycles. The Balaban J connectivity index is 2.51. The largest absolute Gasteiger partial charge is 0.287 e. The highest BCUT2D eigenvalue weighted by molar-refractivity contribution is 9.10. The molecule has 0 N–H and O–H groups in total. The molecule has 0 bridgehead atoms. The standard InChI is InChI=1S/C12H12BrN3O/c1-3-16-11(10(13)7-15-16)12(17)9-6-14-5-4-8(9)2/h4-7H,3H2,1-2H3. The SMILES string of the molecule is CCn1ncc(Br)c1C(=O)c1cnccc1C. The number of ketones is 1. The van der Waals surface area contributed by atoms with Gasteiger partial charge in [0.15, 0.2) is 0 Å². The van der Waals surface area contributed by atoms with Crippen LogP contribution in [0.2, 0.25) is 0 Å². The van der Waals surface area contributed by atoms with E-state index in [0.717, 1.165) is 5.56 Å². The van der Waals surface area contributed by atoms with E-state index in [0.29, 0.717) is 22.3 Å². The van der Waals surface area contributed by atoms with E-state index in [2.05, 4.69) is 26.0 Å². The molecule has 2 heterocycles. The van der Waals surface area contributed by atoms with Gasteiger partial charge in [-0.3, -0.25) is 14.5 Å². The van der Waals surface area contributed by atoms with Gasteiger partial charge >= 0.3 is 0 Å². The second-order valence-electron chi connectivity index (χ2n) is 3.68. The lowest BCUT2D eigenvalue weighted by Gasteiger charge is -2.06. The van der Waals surface area contributed by atoms with Crippen molar-refractivity contribution in [1.29, 1.82) is 0 Å². The van der Waals surface area contributed by atoms with Gasteiger partial charge < -0.3 is 0 Å². The average Bonchev–Trinajstić information content (AvgIpc) is 2.70. The van der Waals surface area contributed by atoms with Gasteiger partial charge in [0.05, 0.1) is 10.7 Å². The molecule has 0 fully saturated rings. The number of aryl methyl sites for hydroxylation is 2. The Bertz CT molecular complexity index is 563. The molecule has 0 unspecified atom stereocenters. The molecule has 5 heteroatoms. The molecule has 88 valence electrons. The Hall–Kier alpha value is -1.49. The number of halogens is 1. The minimum atomic E-state index is -0.0539. The molecule has 0 atom stereocenters. The second-order valence-corrected chi connectivity index (χ2v) is 4.53. The molecule has 0 saturated heterocycles. The highest BCUT2D eigenvalue weighted by Gasteiger charge is 2.19. The molecule has 2 aromatic rings. The van der Waals surface area contributed by atoms with Crippen molar-refractivity contribution in [1.82, 2.24) is 14.8 Å². The topological polar surface area (TPSA) is 47.8 Å². The predicted molar refractivity (Wildman–Crippen MR) is 68.0 cm³/mol. The second kappa shape index (κ2) is 4.79. The smallest absolute Gasteiger partial charge is 0.213 e. The Morgan fingerprint density at radius 2 is 2.24 bits per heavy atom. The van der Waals surface area contributed by atoms with Crippen LogP contribution in [0.1, 0.15) is 28.5 Å². The molecular weight excluding hydrogens is 282 g/mol. The van der Waals surface area contributed by atoms with Gasteiger partial charge in [0.1, 0.15) is 5.69 Å². The van der Waals surface area contributed by atoms with E-state index in [9.17, 15) is 4.79 Å². The number of carbonyl (C=O) groups excluding carboxylic acids is 1. The summed E-state index contributed by atoms with van der Waals surface area (Å²) in [7, 11) is 0. The van der Waals surface area contributed by atoms with Crippen molar-refractivity contribution in [3.05, 3.63) is 46.0 Å². The van der Waals surface area contributed by atoms with Crippen molar-refractivity contribution < 1.29 is 4.79 Å². The number of hydrogen-bond acceptors (Lipinski definition) is 3. The third-order valence-corrected chi connectivity index (χ3v) is 3.17. The third kappa shape index (κ3) is 2.15. The van der Waals surface area contributed by atoms with Crippen LogP contribution < -0.4 is 0 Å². The molecular formula is C12H12BrN3O. The van der Waals surface area contributed by atoms with E-state index in [-0.39, 0.29) is 5.78 Å². The van der Waals surface area contributed by atoms with Crippen molar-refractivity contribution in [2.24, 2.45) is 0 Å². The third-order valence-electron chi connectivity index (χ3n) is 2.59. The maximum absolute atomic E-state index is 12.4. The fourth-order valence-corrected chi connectivity index (χ4v) is 2.13. The van der Waals surface area contributed by atoms with Crippen molar-refractivity contribution in [3.63, 3.8) is 0 Å². The highest BCUT2D eigenvalue weighted by atomic mass is 79.9. The number of carbonyl (C=O) groups is 1. The van der Waals surface area contributed by atoms with E-state index >= 15 is 0 Å². The summed E-state index contributed by atoms with van der Waals surface area (Å²) in [4.78, 5) is 16.4. The van der Waals surface area contributed by atoms with Gasteiger partial charge in [-0.05, 0) is 41.4 Å². The molecule has 4 nitrogen and oxygen atoms in total. The normalized spacial score (nSPS) is 10.5. The predicted octanol–water partition coefficient (Wildman–Crippen LogP) is 2.60. The number of pyridine rings is 1. The van der Waals surface area contributed by atoms with Crippen LogP contribution in [-0.2, 0) is 6.54 Å². The fraction of sp³-hybridized carbons (Fsp3) is 0.250. The summed E-state index contributed by atoms with van der Waals surface area (Å²) in [5.41, 5.74) is 2.10. The van der Waals surface area contributed by atoms with Crippen LogP contribution in [0.3, 0.4) is 0 Å². The molecule has 0 aliphatic carbocycles. The van der Waals surface area contributed by atoms with E-state index in [1.807, 2.05) is 19.9 Å². The lowest BCUT2D eigenvalue weighted by atomic mass is 10.1. The first kappa shape index (κ1) is 12.0. The summed E-state index contributed by atoms with van der Waals surface area (Å²) in [5, 5.41) is 4.14.